The van der Waals surface area contributed by atoms with E-state index >= 15 is 0 Å². The third-order valence-electron chi connectivity index (χ3n) is 4.34. The van der Waals surface area contributed by atoms with Crippen LogP contribution in [0.2, 0.25) is 0 Å². The molecule has 4 nitrogen and oxygen atoms in total. The van der Waals surface area contributed by atoms with E-state index in [1.807, 2.05) is 18.2 Å². The number of ether oxygens (including phenoxy) is 1. The summed E-state index contributed by atoms with van der Waals surface area (Å²) in [5.41, 5.74) is 0.322. The minimum Gasteiger partial charge on any atom is -0.467 e. The zero-order valence-corrected chi connectivity index (χ0v) is 11.0. The molecule has 2 aliphatic rings. The molecule has 5 heteroatoms. The van der Waals surface area contributed by atoms with Crippen molar-refractivity contribution < 1.29 is 19.2 Å². The van der Waals surface area contributed by atoms with Gasteiger partial charge in [0.25, 0.3) is 0 Å². The highest BCUT2D eigenvalue weighted by molar-refractivity contribution is 6.62. The Hall–Kier alpha value is -1.33. The molecule has 19 heavy (non-hydrogen) atoms. The minimum absolute atomic E-state index is 0.0817. The van der Waals surface area contributed by atoms with Crippen LogP contribution in [0, 0.1) is 5.92 Å². The van der Waals surface area contributed by atoms with Gasteiger partial charge >= 0.3 is 13.1 Å². The Bertz CT molecular complexity index is 498. The summed E-state index contributed by atoms with van der Waals surface area (Å²) in [5, 5.41) is 10.1. The lowest BCUT2D eigenvalue weighted by molar-refractivity contribution is -0.166. The van der Waals surface area contributed by atoms with Crippen molar-refractivity contribution in [2.45, 2.75) is 31.3 Å². The lowest BCUT2D eigenvalue weighted by atomic mass is 9.75. The summed E-state index contributed by atoms with van der Waals surface area (Å²) in [5.74, 6) is -0.318. The largest absolute Gasteiger partial charge is 0.492 e. The maximum atomic E-state index is 12.4. The molecule has 1 aliphatic heterocycles. The van der Waals surface area contributed by atoms with Gasteiger partial charge in [-0.2, -0.15) is 0 Å². The SMILES string of the molecule is COC(=O)C1(C2CCCC2)OB(O)c2ccccc21. The molecule has 0 bridgehead atoms. The summed E-state index contributed by atoms with van der Waals surface area (Å²) in [6.07, 6.45) is 4.03. The van der Waals surface area contributed by atoms with E-state index in [0.717, 1.165) is 31.2 Å². The van der Waals surface area contributed by atoms with Crippen LogP contribution in [0.1, 0.15) is 31.2 Å². The van der Waals surface area contributed by atoms with Gasteiger partial charge in [0.15, 0.2) is 5.60 Å². The zero-order chi connectivity index (χ0) is 13.5. The number of hydrogen-bond acceptors (Lipinski definition) is 4. The van der Waals surface area contributed by atoms with Crippen LogP contribution >= 0.6 is 0 Å². The first-order chi connectivity index (χ1) is 9.20. The van der Waals surface area contributed by atoms with Gasteiger partial charge in [-0.25, -0.2) is 4.79 Å². The van der Waals surface area contributed by atoms with E-state index in [-0.39, 0.29) is 5.92 Å². The highest BCUT2D eigenvalue weighted by Gasteiger charge is 2.57. The Morgan fingerprint density at radius 3 is 2.79 bits per heavy atom. The van der Waals surface area contributed by atoms with Crippen LogP contribution in [0.25, 0.3) is 0 Å². The van der Waals surface area contributed by atoms with Gasteiger partial charge in [0.05, 0.1) is 7.11 Å². The first-order valence-electron chi connectivity index (χ1n) is 6.74. The second-order valence-electron chi connectivity index (χ2n) is 5.27. The number of methoxy groups -OCH3 is 1. The molecule has 100 valence electrons. The fraction of sp³-hybridized carbons (Fsp3) is 0.500. The number of benzene rings is 1. The Labute approximate surface area is 112 Å². The lowest BCUT2D eigenvalue weighted by Crippen LogP contribution is -2.44. The monoisotopic (exact) mass is 260 g/mol. The molecule has 0 amide bonds. The van der Waals surface area contributed by atoms with Gasteiger partial charge in [-0.3, -0.25) is 0 Å². The summed E-state index contributed by atoms with van der Waals surface area (Å²) in [4.78, 5) is 12.4. The Morgan fingerprint density at radius 2 is 2.11 bits per heavy atom. The Balaban J connectivity index is 2.14. The van der Waals surface area contributed by atoms with E-state index in [1.54, 1.807) is 6.07 Å². The third kappa shape index (κ3) is 1.72. The van der Waals surface area contributed by atoms with Gasteiger partial charge in [-0.05, 0) is 23.9 Å². The summed E-state index contributed by atoms with van der Waals surface area (Å²) in [6.45, 7) is 0. The summed E-state index contributed by atoms with van der Waals surface area (Å²) >= 11 is 0. The van der Waals surface area contributed by atoms with Crippen LogP contribution in [0.5, 0.6) is 0 Å². The average Bonchev–Trinajstić information content (AvgIpc) is 3.06. The van der Waals surface area contributed by atoms with E-state index < -0.39 is 18.7 Å². The van der Waals surface area contributed by atoms with Crippen molar-refractivity contribution in [1.29, 1.82) is 0 Å². The van der Waals surface area contributed by atoms with Gasteiger partial charge < -0.3 is 14.4 Å². The zero-order valence-electron chi connectivity index (χ0n) is 11.0. The molecule has 1 heterocycles. The molecule has 1 fully saturated rings. The van der Waals surface area contributed by atoms with E-state index in [1.165, 1.54) is 7.11 Å². The molecule has 0 aromatic heterocycles. The average molecular weight is 260 g/mol. The molecule has 0 spiro atoms. The molecule has 3 rings (SSSR count). The number of carbonyl (C=O) groups excluding carboxylic acids is 1. The Morgan fingerprint density at radius 1 is 1.42 bits per heavy atom. The standard InChI is InChI=1S/C14H17BO4/c1-18-13(16)14(10-6-2-3-7-10)11-8-4-5-9-12(11)15(17)19-14/h4-5,8-10,17H,2-3,6-7H2,1H3. The molecule has 1 aliphatic carbocycles. The second kappa shape index (κ2) is 4.65. The van der Waals surface area contributed by atoms with E-state index in [0.29, 0.717) is 5.46 Å². The molecular formula is C14H17BO4. The van der Waals surface area contributed by atoms with Crippen molar-refractivity contribution in [3.05, 3.63) is 29.8 Å². The van der Waals surface area contributed by atoms with Crippen LogP contribution in [0.4, 0.5) is 0 Å². The van der Waals surface area contributed by atoms with Gasteiger partial charge in [-0.1, -0.05) is 37.1 Å². The molecular weight excluding hydrogens is 243 g/mol. The van der Waals surface area contributed by atoms with Crippen molar-refractivity contribution in [1.82, 2.24) is 0 Å². The van der Waals surface area contributed by atoms with Crippen LogP contribution in [-0.4, -0.2) is 25.2 Å². The quantitative estimate of drug-likeness (QED) is 0.635. The number of esters is 1. The van der Waals surface area contributed by atoms with Gasteiger partial charge in [0.1, 0.15) is 0 Å². The highest BCUT2D eigenvalue weighted by atomic mass is 16.6. The van der Waals surface area contributed by atoms with E-state index in [4.69, 9.17) is 9.39 Å². The number of carbonyl (C=O) groups is 1. The molecule has 1 aromatic carbocycles. The van der Waals surface area contributed by atoms with Crippen molar-refractivity contribution >= 4 is 18.6 Å². The second-order valence-corrected chi connectivity index (χ2v) is 5.27. The fourth-order valence-electron chi connectivity index (χ4n) is 3.48. The first-order valence-corrected chi connectivity index (χ1v) is 6.74. The molecule has 0 radical (unpaired) electrons. The van der Waals surface area contributed by atoms with Crippen LogP contribution in [0.15, 0.2) is 24.3 Å². The molecule has 1 saturated carbocycles. The predicted octanol–water partition coefficient (Wildman–Crippen LogP) is 0.963. The van der Waals surface area contributed by atoms with Crippen LogP contribution in [0.3, 0.4) is 0 Å². The fourth-order valence-corrected chi connectivity index (χ4v) is 3.48. The summed E-state index contributed by atoms with van der Waals surface area (Å²) in [7, 11) is 0.325. The van der Waals surface area contributed by atoms with E-state index in [2.05, 4.69) is 0 Å². The number of rotatable bonds is 2. The Kier molecular flexibility index (Phi) is 3.11. The summed E-state index contributed by atoms with van der Waals surface area (Å²) in [6, 6.07) is 7.38. The van der Waals surface area contributed by atoms with Gasteiger partial charge in [-0.15, -0.1) is 0 Å². The van der Waals surface area contributed by atoms with Gasteiger partial charge in [0.2, 0.25) is 0 Å². The number of fused-ring (bicyclic) bond motifs is 1. The molecule has 1 atom stereocenters. The van der Waals surface area contributed by atoms with Crippen molar-refractivity contribution in [3.8, 4) is 0 Å². The normalized spacial score (nSPS) is 26.5. The predicted molar refractivity (Wildman–Crippen MR) is 70.8 cm³/mol. The van der Waals surface area contributed by atoms with E-state index in [9.17, 15) is 9.82 Å². The lowest BCUT2D eigenvalue weighted by Gasteiger charge is -2.33. The third-order valence-corrected chi connectivity index (χ3v) is 4.34. The minimum atomic E-state index is -1.12. The first kappa shape index (κ1) is 12.7. The molecule has 0 saturated heterocycles. The molecule has 1 unspecified atom stereocenters. The van der Waals surface area contributed by atoms with Crippen molar-refractivity contribution in [3.63, 3.8) is 0 Å². The maximum Gasteiger partial charge on any atom is 0.492 e. The van der Waals surface area contributed by atoms with Crippen molar-refractivity contribution in [2.24, 2.45) is 5.92 Å². The molecule has 1 aromatic rings. The summed E-state index contributed by atoms with van der Waals surface area (Å²) < 4.78 is 10.7. The van der Waals surface area contributed by atoms with Gasteiger partial charge in [0, 0.05) is 5.92 Å². The van der Waals surface area contributed by atoms with Crippen molar-refractivity contribution in [2.75, 3.05) is 7.11 Å². The highest BCUT2D eigenvalue weighted by Crippen LogP contribution is 2.46. The number of hydrogen-bond donors (Lipinski definition) is 1. The maximum absolute atomic E-state index is 12.4. The van der Waals surface area contributed by atoms with Crippen LogP contribution < -0.4 is 5.46 Å². The topological polar surface area (TPSA) is 55.8 Å². The van der Waals surface area contributed by atoms with Crippen LogP contribution in [-0.2, 0) is 19.8 Å². The smallest absolute Gasteiger partial charge is 0.467 e. The molecule has 1 N–H and O–H groups in total.